The van der Waals surface area contributed by atoms with Crippen molar-refractivity contribution in [3.05, 3.63) is 42.4 Å². The van der Waals surface area contributed by atoms with Crippen molar-refractivity contribution in [1.82, 2.24) is 15.2 Å². The smallest absolute Gasteiger partial charge is 0.396 e. The number of nitrogens with zero attached hydrogens (tertiary/aromatic N) is 3. The van der Waals surface area contributed by atoms with Crippen LogP contribution in [0.4, 0.5) is 0 Å². The maximum Gasteiger partial charge on any atom is 0.396 e. The molecular weight excluding hydrogens is 258 g/mol. The van der Waals surface area contributed by atoms with Gasteiger partial charge in [0.25, 0.3) is 5.89 Å². The molecule has 0 unspecified atom stereocenters. The second-order valence-electron chi connectivity index (χ2n) is 4.01. The van der Waals surface area contributed by atoms with Gasteiger partial charge in [0.1, 0.15) is 5.69 Å². The summed E-state index contributed by atoms with van der Waals surface area (Å²) in [6.45, 7) is 1.96. The van der Waals surface area contributed by atoms with Gasteiger partial charge in [0.15, 0.2) is 0 Å². The van der Waals surface area contributed by atoms with Crippen LogP contribution in [0.25, 0.3) is 22.4 Å². The Bertz CT molecular complexity index is 762. The van der Waals surface area contributed by atoms with Crippen LogP contribution < -0.4 is 0 Å². The maximum atomic E-state index is 11.5. The van der Waals surface area contributed by atoms with E-state index in [4.69, 9.17) is 9.15 Å². The highest BCUT2D eigenvalue weighted by atomic mass is 16.5. The van der Waals surface area contributed by atoms with Gasteiger partial charge in [-0.2, -0.15) is 0 Å². The average molecular weight is 269 g/mol. The molecule has 0 fully saturated rings. The third-order valence-corrected chi connectivity index (χ3v) is 2.75. The van der Waals surface area contributed by atoms with E-state index in [1.165, 1.54) is 0 Å². The number of carbonyl (C=O) groups excluding carboxylic acids is 1. The zero-order chi connectivity index (χ0) is 13.9. The average Bonchev–Trinajstić information content (AvgIpc) is 2.97. The lowest BCUT2D eigenvalue weighted by Crippen LogP contribution is -2.04. The van der Waals surface area contributed by atoms with Gasteiger partial charge in [-0.25, -0.2) is 4.79 Å². The van der Waals surface area contributed by atoms with Crippen molar-refractivity contribution in [2.45, 2.75) is 6.92 Å². The first-order valence-corrected chi connectivity index (χ1v) is 6.14. The Hall–Kier alpha value is -2.76. The molecule has 20 heavy (non-hydrogen) atoms. The van der Waals surface area contributed by atoms with Gasteiger partial charge < -0.3 is 9.15 Å². The number of fused-ring (bicyclic) bond motifs is 1. The minimum atomic E-state index is -0.633. The quantitative estimate of drug-likeness (QED) is 0.679. The van der Waals surface area contributed by atoms with E-state index in [-0.39, 0.29) is 18.4 Å². The number of ether oxygens (including phenoxy) is 1. The molecule has 0 amide bonds. The molecule has 0 aliphatic heterocycles. The van der Waals surface area contributed by atoms with Crippen LogP contribution >= 0.6 is 0 Å². The number of benzene rings is 1. The molecule has 2 aromatic heterocycles. The molecule has 3 rings (SSSR count). The largest absolute Gasteiger partial charge is 0.459 e. The minimum absolute atomic E-state index is 0.170. The molecule has 0 aliphatic carbocycles. The summed E-state index contributed by atoms with van der Waals surface area (Å²) in [6, 6.07) is 9.59. The highest BCUT2D eigenvalue weighted by Gasteiger charge is 2.18. The summed E-state index contributed by atoms with van der Waals surface area (Å²) >= 11 is 0. The first-order chi connectivity index (χ1) is 9.79. The molecule has 100 valence electrons. The SMILES string of the molecule is CCOC(=O)c1nnc(-c2nccc3ccccc23)o1. The van der Waals surface area contributed by atoms with Crippen LogP contribution in [-0.4, -0.2) is 27.8 Å². The Morgan fingerprint density at radius 3 is 2.95 bits per heavy atom. The lowest BCUT2D eigenvalue weighted by atomic mass is 10.1. The third-order valence-electron chi connectivity index (χ3n) is 2.75. The van der Waals surface area contributed by atoms with E-state index < -0.39 is 5.97 Å². The van der Waals surface area contributed by atoms with Gasteiger partial charge in [-0.05, 0) is 18.4 Å². The molecule has 6 heteroatoms. The number of aromatic nitrogens is 3. The van der Waals surface area contributed by atoms with Gasteiger partial charge in [-0.3, -0.25) is 4.98 Å². The standard InChI is InChI=1S/C14H11N3O3/c1-2-19-14(18)13-17-16-12(20-13)11-10-6-4-3-5-9(10)7-8-15-11/h3-8H,2H2,1H3. The van der Waals surface area contributed by atoms with E-state index in [9.17, 15) is 4.79 Å². The van der Waals surface area contributed by atoms with Gasteiger partial charge in [0.2, 0.25) is 0 Å². The van der Waals surface area contributed by atoms with E-state index in [1.807, 2.05) is 30.3 Å². The summed E-state index contributed by atoms with van der Waals surface area (Å²) < 4.78 is 10.1. The Morgan fingerprint density at radius 1 is 1.25 bits per heavy atom. The van der Waals surface area contributed by atoms with E-state index >= 15 is 0 Å². The Balaban J connectivity index is 2.06. The highest BCUT2D eigenvalue weighted by molar-refractivity contribution is 5.92. The molecule has 0 spiro atoms. The summed E-state index contributed by atoms with van der Waals surface area (Å²) in [4.78, 5) is 15.8. The van der Waals surface area contributed by atoms with E-state index in [0.29, 0.717) is 5.69 Å². The zero-order valence-corrected chi connectivity index (χ0v) is 10.7. The summed E-state index contributed by atoms with van der Waals surface area (Å²) in [5.74, 6) is -0.604. The van der Waals surface area contributed by atoms with Crippen molar-refractivity contribution in [2.24, 2.45) is 0 Å². The Labute approximate surface area is 114 Å². The number of hydrogen-bond acceptors (Lipinski definition) is 6. The van der Waals surface area contributed by atoms with Crippen LogP contribution in [0.15, 0.2) is 40.9 Å². The van der Waals surface area contributed by atoms with E-state index in [2.05, 4.69) is 15.2 Å². The normalized spacial score (nSPS) is 10.7. The predicted molar refractivity (Wildman–Crippen MR) is 71.0 cm³/mol. The fourth-order valence-electron chi connectivity index (χ4n) is 1.88. The van der Waals surface area contributed by atoms with Gasteiger partial charge in [-0.1, -0.05) is 24.3 Å². The molecule has 2 heterocycles. The number of rotatable bonds is 3. The predicted octanol–water partition coefficient (Wildman–Crippen LogP) is 2.46. The molecule has 0 saturated carbocycles. The summed E-state index contributed by atoms with van der Waals surface area (Å²) in [5.41, 5.74) is 0.547. The van der Waals surface area contributed by atoms with Gasteiger partial charge in [0.05, 0.1) is 6.61 Å². The molecule has 6 nitrogen and oxygen atoms in total. The zero-order valence-electron chi connectivity index (χ0n) is 10.7. The maximum absolute atomic E-state index is 11.5. The van der Waals surface area contributed by atoms with Crippen LogP contribution in [0, 0.1) is 0 Å². The number of pyridine rings is 1. The van der Waals surface area contributed by atoms with Crippen LogP contribution in [-0.2, 0) is 4.74 Å². The molecular formula is C14H11N3O3. The second kappa shape index (κ2) is 5.08. The van der Waals surface area contributed by atoms with Crippen molar-refractivity contribution >= 4 is 16.7 Å². The van der Waals surface area contributed by atoms with Crippen LogP contribution in [0.5, 0.6) is 0 Å². The topological polar surface area (TPSA) is 78.1 Å². The Kier molecular flexibility index (Phi) is 3.12. The first kappa shape index (κ1) is 12.3. The van der Waals surface area contributed by atoms with Gasteiger partial charge in [0, 0.05) is 11.6 Å². The molecule has 0 N–H and O–H groups in total. The van der Waals surface area contributed by atoms with Crippen LogP contribution in [0.3, 0.4) is 0 Å². The number of hydrogen-bond donors (Lipinski definition) is 0. The monoisotopic (exact) mass is 269 g/mol. The fraction of sp³-hybridized carbons (Fsp3) is 0.143. The lowest BCUT2D eigenvalue weighted by molar-refractivity contribution is 0.0481. The van der Waals surface area contributed by atoms with E-state index in [1.54, 1.807) is 13.1 Å². The van der Waals surface area contributed by atoms with Crippen molar-refractivity contribution in [3.8, 4) is 11.6 Å². The highest BCUT2D eigenvalue weighted by Crippen LogP contribution is 2.25. The minimum Gasteiger partial charge on any atom is -0.459 e. The van der Waals surface area contributed by atoms with Crippen molar-refractivity contribution < 1.29 is 13.9 Å². The number of esters is 1. The van der Waals surface area contributed by atoms with Gasteiger partial charge in [-0.15, -0.1) is 10.2 Å². The molecule has 0 bridgehead atoms. The van der Waals surface area contributed by atoms with E-state index in [0.717, 1.165) is 10.8 Å². The molecule has 1 aromatic carbocycles. The summed E-state index contributed by atoms with van der Waals surface area (Å²) in [7, 11) is 0. The molecule has 0 atom stereocenters. The Morgan fingerprint density at radius 2 is 2.10 bits per heavy atom. The summed E-state index contributed by atoms with van der Waals surface area (Å²) in [5, 5.41) is 9.44. The fourth-order valence-corrected chi connectivity index (χ4v) is 1.88. The van der Waals surface area contributed by atoms with Crippen molar-refractivity contribution in [3.63, 3.8) is 0 Å². The molecule has 3 aromatic rings. The second-order valence-corrected chi connectivity index (χ2v) is 4.01. The van der Waals surface area contributed by atoms with Crippen molar-refractivity contribution in [1.29, 1.82) is 0 Å². The third kappa shape index (κ3) is 2.11. The molecule has 0 radical (unpaired) electrons. The van der Waals surface area contributed by atoms with Crippen molar-refractivity contribution in [2.75, 3.05) is 6.61 Å². The van der Waals surface area contributed by atoms with Gasteiger partial charge >= 0.3 is 11.9 Å². The number of carbonyl (C=O) groups is 1. The molecule has 0 saturated heterocycles. The van der Waals surface area contributed by atoms with Crippen LogP contribution in [0.2, 0.25) is 0 Å². The first-order valence-electron chi connectivity index (χ1n) is 6.14. The summed E-state index contributed by atoms with van der Waals surface area (Å²) in [6.07, 6.45) is 1.66. The lowest BCUT2D eigenvalue weighted by Gasteiger charge is -2.00. The van der Waals surface area contributed by atoms with Crippen LogP contribution in [0.1, 0.15) is 17.6 Å². The molecule has 0 aliphatic rings.